The van der Waals surface area contributed by atoms with E-state index in [4.69, 9.17) is 4.42 Å². The van der Waals surface area contributed by atoms with Gasteiger partial charge in [-0.05, 0) is 36.4 Å². The molecule has 3 rings (SSSR count). The quantitative estimate of drug-likeness (QED) is 0.649. The van der Waals surface area contributed by atoms with E-state index >= 15 is 0 Å². The van der Waals surface area contributed by atoms with Crippen molar-refractivity contribution >= 4 is 28.8 Å². The predicted molar refractivity (Wildman–Crippen MR) is 93.9 cm³/mol. The van der Waals surface area contributed by atoms with Gasteiger partial charge in [-0.1, -0.05) is 6.07 Å². The Kier molecular flexibility index (Phi) is 5.31. The smallest absolute Gasteiger partial charge is 0.416 e. The van der Waals surface area contributed by atoms with Crippen LogP contribution in [0.3, 0.4) is 0 Å². The molecule has 0 saturated heterocycles. The molecule has 3 aromatic rings. The highest BCUT2D eigenvalue weighted by atomic mass is 32.1. The van der Waals surface area contributed by atoms with Crippen LogP contribution in [0.1, 0.15) is 10.4 Å². The van der Waals surface area contributed by atoms with Crippen LogP contribution in [-0.4, -0.2) is 11.8 Å². The molecule has 1 aromatic carbocycles. The van der Waals surface area contributed by atoms with E-state index < -0.39 is 23.6 Å². The molecule has 27 heavy (non-hydrogen) atoms. The van der Waals surface area contributed by atoms with Gasteiger partial charge in [-0.25, -0.2) is 0 Å². The summed E-state index contributed by atoms with van der Waals surface area (Å²) >= 11 is 1.38. The highest BCUT2D eigenvalue weighted by Gasteiger charge is 2.30. The summed E-state index contributed by atoms with van der Waals surface area (Å²) in [7, 11) is 0. The molecule has 2 N–H and O–H groups in total. The van der Waals surface area contributed by atoms with E-state index in [1.165, 1.54) is 17.4 Å². The Morgan fingerprint density at radius 1 is 1.07 bits per heavy atom. The maximum atomic E-state index is 12.7. The summed E-state index contributed by atoms with van der Waals surface area (Å²) in [4.78, 5) is 24.5. The summed E-state index contributed by atoms with van der Waals surface area (Å²) in [5.74, 6) is -1.30. The van der Waals surface area contributed by atoms with E-state index in [-0.39, 0.29) is 12.2 Å². The second-order valence-corrected chi connectivity index (χ2v) is 6.49. The molecule has 0 fully saturated rings. The van der Waals surface area contributed by atoms with E-state index in [1.807, 2.05) is 11.4 Å². The fraction of sp³-hybridized carbons (Fsp3) is 0.111. The summed E-state index contributed by atoms with van der Waals surface area (Å²) in [6.45, 7) is 0.111. The van der Waals surface area contributed by atoms with E-state index in [1.54, 1.807) is 18.4 Å². The first-order chi connectivity index (χ1) is 12.8. The molecule has 2 heterocycles. The Morgan fingerprint density at radius 3 is 2.59 bits per heavy atom. The summed E-state index contributed by atoms with van der Waals surface area (Å²) in [5.41, 5.74) is -0.173. The van der Waals surface area contributed by atoms with Crippen molar-refractivity contribution in [3.63, 3.8) is 0 Å². The standard InChI is InChI=1S/C18H13F3N2O3S/c19-18(20,21)12-3-1-4-13(8-12)23-17(25)16(24)22-9-14-7-11(10-27-14)15-5-2-6-26-15/h1-8,10H,9H2,(H,22,24)(H,23,25). The van der Waals surface area contributed by atoms with E-state index in [2.05, 4.69) is 10.6 Å². The summed E-state index contributed by atoms with van der Waals surface area (Å²) in [6.07, 6.45) is -2.99. The van der Waals surface area contributed by atoms with E-state index in [0.717, 1.165) is 28.6 Å². The SMILES string of the molecule is O=C(NCc1cc(-c2ccco2)cs1)C(=O)Nc1cccc(C(F)(F)F)c1. The summed E-state index contributed by atoms with van der Waals surface area (Å²) < 4.78 is 43.3. The average Bonchev–Trinajstić information content (AvgIpc) is 3.30. The van der Waals surface area contributed by atoms with Gasteiger partial charge in [-0.2, -0.15) is 13.2 Å². The van der Waals surface area contributed by atoms with Gasteiger partial charge in [0.2, 0.25) is 0 Å². The van der Waals surface area contributed by atoms with Crippen LogP contribution in [0, 0.1) is 0 Å². The van der Waals surface area contributed by atoms with Crippen LogP contribution in [0.4, 0.5) is 18.9 Å². The van der Waals surface area contributed by atoms with Crippen LogP contribution in [0.15, 0.2) is 58.5 Å². The van der Waals surface area contributed by atoms with Crippen LogP contribution >= 0.6 is 11.3 Å². The molecule has 0 atom stereocenters. The van der Waals surface area contributed by atoms with Gasteiger partial charge >= 0.3 is 18.0 Å². The minimum absolute atomic E-state index is 0.110. The third-order valence-electron chi connectivity index (χ3n) is 3.54. The number of halogens is 3. The zero-order chi connectivity index (χ0) is 19.4. The predicted octanol–water partition coefficient (Wildman–Crippen LogP) is 4.28. The van der Waals surface area contributed by atoms with Crippen molar-refractivity contribution in [1.82, 2.24) is 5.32 Å². The number of nitrogens with one attached hydrogen (secondary N) is 2. The molecule has 0 bridgehead atoms. The van der Waals surface area contributed by atoms with Gasteiger partial charge < -0.3 is 15.1 Å². The number of benzene rings is 1. The molecule has 0 spiro atoms. The van der Waals surface area contributed by atoms with Crippen molar-refractivity contribution in [3.8, 4) is 11.3 Å². The lowest BCUT2D eigenvalue weighted by atomic mass is 10.2. The number of thiophene rings is 1. The summed E-state index contributed by atoms with van der Waals surface area (Å²) in [5, 5.41) is 6.43. The zero-order valence-corrected chi connectivity index (χ0v) is 14.5. The Morgan fingerprint density at radius 2 is 1.89 bits per heavy atom. The van der Waals surface area contributed by atoms with Crippen LogP contribution in [0.2, 0.25) is 0 Å². The van der Waals surface area contributed by atoms with Crippen LogP contribution < -0.4 is 10.6 Å². The molecule has 0 unspecified atom stereocenters. The molecule has 2 amide bonds. The molecule has 2 aromatic heterocycles. The first kappa shape index (κ1) is 18.7. The van der Waals surface area contributed by atoms with Gasteiger partial charge in [0.25, 0.3) is 0 Å². The minimum Gasteiger partial charge on any atom is -0.464 e. The van der Waals surface area contributed by atoms with Gasteiger partial charge in [-0.3, -0.25) is 9.59 Å². The fourth-order valence-corrected chi connectivity index (χ4v) is 3.07. The number of carbonyl (C=O) groups excluding carboxylic acids is 2. The number of hydrogen-bond acceptors (Lipinski definition) is 4. The lowest BCUT2D eigenvalue weighted by Gasteiger charge is -2.09. The third kappa shape index (κ3) is 4.76. The monoisotopic (exact) mass is 394 g/mol. The maximum Gasteiger partial charge on any atom is 0.416 e. The fourth-order valence-electron chi connectivity index (χ4n) is 2.25. The van der Waals surface area contributed by atoms with Gasteiger partial charge in [-0.15, -0.1) is 11.3 Å². The van der Waals surface area contributed by atoms with Gasteiger partial charge in [0.15, 0.2) is 0 Å². The number of rotatable bonds is 4. The molecule has 0 aliphatic carbocycles. The molecule has 9 heteroatoms. The van der Waals surface area contributed by atoms with Crippen LogP contribution in [0.25, 0.3) is 11.3 Å². The van der Waals surface area contributed by atoms with Crippen molar-refractivity contribution in [2.45, 2.75) is 12.7 Å². The number of carbonyl (C=O) groups is 2. The molecule has 140 valence electrons. The number of hydrogen-bond donors (Lipinski definition) is 2. The average molecular weight is 394 g/mol. The van der Waals surface area contributed by atoms with E-state index in [0.29, 0.717) is 5.76 Å². The maximum absolute atomic E-state index is 12.7. The van der Waals surface area contributed by atoms with Crippen molar-refractivity contribution in [1.29, 1.82) is 0 Å². The Balaban J connectivity index is 1.56. The van der Waals surface area contributed by atoms with Gasteiger partial charge in [0.05, 0.1) is 18.4 Å². The van der Waals surface area contributed by atoms with Crippen molar-refractivity contribution in [3.05, 3.63) is 64.5 Å². The molecule has 0 aliphatic rings. The largest absolute Gasteiger partial charge is 0.464 e. The molecular weight excluding hydrogens is 381 g/mol. The second kappa shape index (κ2) is 7.67. The number of alkyl halides is 3. The molecule has 0 radical (unpaired) electrons. The van der Waals surface area contributed by atoms with Crippen molar-refractivity contribution in [2.24, 2.45) is 0 Å². The first-order valence-electron chi connectivity index (χ1n) is 7.70. The van der Waals surface area contributed by atoms with Gasteiger partial charge in [0.1, 0.15) is 5.76 Å². The highest BCUT2D eigenvalue weighted by Crippen LogP contribution is 2.30. The Hall–Kier alpha value is -3.07. The molecule has 0 aliphatic heterocycles. The topological polar surface area (TPSA) is 71.3 Å². The lowest BCUT2D eigenvalue weighted by Crippen LogP contribution is -2.34. The molecule has 0 saturated carbocycles. The molecular formula is C18H13F3N2O3S. The number of furan rings is 1. The Labute approximate surface area is 155 Å². The Bertz CT molecular complexity index is 949. The van der Waals surface area contributed by atoms with Crippen molar-refractivity contribution in [2.75, 3.05) is 5.32 Å². The van der Waals surface area contributed by atoms with Gasteiger partial charge in [0, 0.05) is 21.5 Å². The lowest BCUT2D eigenvalue weighted by molar-refractivity contribution is -0.137. The first-order valence-corrected chi connectivity index (χ1v) is 8.58. The normalized spacial score (nSPS) is 11.2. The van der Waals surface area contributed by atoms with Crippen LogP contribution in [-0.2, 0) is 22.3 Å². The van der Waals surface area contributed by atoms with Crippen LogP contribution in [0.5, 0.6) is 0 Å². The number of amides is 2. The zero-order valence-electron chi connectivity index (χ0n) is 13.7. The van der Waals surface area contributed by atoms with E-state index in [9.17, 15) is 22.8 Å². The second-order valence-electron chi connectivity index (χ2n) is 5.49. The minimum atomic E-state index is -4.53. The highest BCUT2D eigenvalue weighted by molar-refractivity contribution is 7.10. The number of anilines is 1. The van der Waals surface area contributed by atoms with Crippen molar-refractivity contribution < 1.29 is 27.2 Å². The third-order valence-corrected chi connectivity index (χ3v) is 4.47. The molecule has 5 nitrogen and oxygen atoms in total. The summed E-state index contributed by atoms with van der Waals surface area (Å²) in [6, 6.07) is 9.44.